The molecule has 3 heteroatoms. The van der Waals surface area contributed by atoms with Crippen LogP contribution in [0.1, 0.15) is 12.5 Å². The maximum Gasteiger partial charge on any atom is 0.244 e. The fourth-order valence-corrected chi connectivity index (χ4v) is 1.06. The molecule has 0 aliphatic carbocycles. The molecular weight excluding hydrogens is 200 g/mol. The predicted molar refractivity (Wildman–Crippen MR) is 66.3 cm³/mol. The highest BCUT2D eigenvalue weighted by Gasteiger charge is 1.92. The van der Waals surface area contributed by atoms with Crippen molar-refractivity contribution in [3.8, 4) is 11.8 Å². The van der Waals surface area contributed by atoms with E-state index in [0.29, 0.717) is 12.2 Å². The van der Waals surface area contributed by atoms with Crippen molar-refractivity contribution in [2.75, 3.05) is 12.3 Å². The number of anilines is 1. The average molecular weight is 214 g/mol. The van der Waals surface area contributed by atoms with E-state index in [9.17, 15) is 4.79 Å². The summed E-state index contributed by atoms with van der Waals surface area (Å²) in [5, 5.41) is 2.64. The molecule has 3 N–H and O–H groups in total. The highest BCUT2D eigenvalue weighted by molar-refractivity contribution is 5.91. The Balaban J connectivity index is 2.49. The number of nitrogens with two attached hydrogens (primary N) is 1. The molecule has 0 heterocycles. The van der Waals surface area contributed by atoms with Gasteiger partial charge in [0, 0.05) is 11.8 Å². The molecule has 0 saturated carbocycles. The van der Waals surface area contributed by atoms with E-state index in [1.54, 1.807) is 25.1 Å². The molecule has 0 aliphatic rings. The number of nitrogen functional groups attached to an aromatic ring is 1. The fraction of sp³-hybridized carbons (Fsp3) is 0.154. The van der Waals surface area contributed by atoms with Crippen LogP contribution < -0.4 is 11.1 Å². The van der Waals surface area contributed by atoms with Gasteiger partial charge < -0.3 is 11.1 Å². The van der Waals surface area contributed by atoms with E-state index in [1.807, 2.05) is 12.1 Å². The van der Waals surface area contributed by atoms with E-state index >= 15 is 0 Å². The smallest absolute Gasteiger partial charge is 0.244 e. The molecule has 1 amide bonds. The summed E-state index contributed by atoms with van der Waals surface area (Å²) in [7, 11) is 0. The largest absolute Gasteiger partial charge is 0.399 e. The Morgan fingerprint density at radius 3 is 2.75 bits per heavy atom. The van der Waals surface area contributed by atoms with E-state index in [2.05, 4.69) is 17.2 Å². The van der Waals surface area contributed by atoms with Gasteiger partial charge in [0.25, 0.3) is 0 Å². The van der Waals surface area contributed by atoms with Crippen LogP contribution in [0.3, 0.4) is 0 Å². The van der Waals surface area contributed by atoms with Crippen molar-refractivity contribution in [1.29, 1.82) is 0 Å². The third kappa shape index (κ3) is 4.34. The van der Waals surface area contributed by atoms with Crippen molar-refractivity contribution >= 4 is 17.7 Å². The van der Waals surface area contributed by atoms with Gasteiger partial charge in [-0.1, -0.05) is 18.1 Å². The normalized spacial score (nSPS) is 9.56. The first kappa shape index (κ1) is 11.9. The summed E-state index contributed by atoms with van der Waals surface area (Å²) < 4.78 is 0. The first-order valence-corrected chi connectivity index (χ1v) is 4.93. The van der Waals surface area contributed by atoms with Gasteiger partial charge >= 0.3 is 0 Å². The molecule has 0 spiro atoms. The minimum Gasteiger partial charge on any atom is -0.399 e. The molecule has 82 valence electrons. The second-order valence-electron chi connectivity index (χ2n) is 3.14. The molecular formula is C13H14N2O. The summed E-state index contributed by atoms with van der Waals surface area (Å²) in [6.45, 7) is 2.11. The van der Waals surface area contributed by atoms with E-state index in [-0.39, 0.29) is 5.91 Å². The Kier molecular flexibility index (Phi) is 4.68. The monoisotopic (exact) mass is 214 g/mol. The lowest BCUT2D eigenvalue weighted by Gasteiger charge is -1.96. The summed E-state index contributed by atoms with van der Waals surface area (Å²) in [5.74, 6) is 5.30. The van der Waals surface area contributed by atoms with Crippen molar-refractivity contribution in [1.82, 2.24) is 5.32 Å². The van der Waals surface area contributed by atoms with Crippen molar-refractivity contribution in [3.63, 3.8) is 0 Å². The van der Waals surface area contributed by atoms with Crippen LogP contribution in [0.4, 0.5) is 5.69 Å². The fourth-order valence-electron chi connectivity index (χ4n) is 1.06. The Morgan fingerprint density at radius 1 is 1.44 bits per heavy atom. The van der Waals surface area contributed by atoms with E-state index in [4.69, 9.17) is 5.73 Å². The van der Waals surface area contributed by atoms with Crippen molar-refractivity contribution in [2.24, 2.45) is 0 Å². The number of hydrogen-bond donors (Lipinski definition) is 2. The second kappa shape index (κ2) is 6.31. The third-order valence-electron chi connectivity index (χ3n) is 1.89. The molecule has 0 aliphatic heterocycles. The number of carbonyl (C=O) groups excluding carboxylic acids is 1. The first-order valence-electron chi connectivity index (χ1n) is 4.93. The summed E-state index contributed by atoms with van der Waals surface area (Å²) >= 11 is 0. The Hall–Kier alpha value is -2.21. The second-order valence-corrected chi connectivity index (χ2v) is 3.14. The van der Waals surface area contributed by atoms with Crippen molar-refractivity contribution in [3.05, 3.63) is 35.9 Å². The van der Waals surface area contributed by atoms with Crippen molar-refractivity contribution in [2.45, 2.75) is 6.92 Å². The lowest BCUT2D eigenvalue weighted by atomic mass is 10.2. The molecule has 0 aromatic heterocycles. The first-order chi connectivity index (χ1) is 7.72. The zero-order valence-electron chi connectivity index (χ0n) is 9.16. The minimum atomic E-state index is -0.153. The van der Waals surface area contributed by atoms with Crippen molar-refractivity contribution < 1.29 is 4.79 Å². The van der Waals surface area contributed by atoms with Gasteiger partial charge in [0.2, 0.25) is 5.91 Å². The number of benzene rings is 1. The number of amides is 1. The highest BCUT2D eigenvalue weighted by Crippen LogP contribution is 2.06. The van der Waals surface area contributed by atoms with Crippen LogP contribution in [0.25, 0.3) is 6.08 Å². The molecule has 0 unspecified atom stereocenters. The number of hydrogen-bond acceptors (Lipinski definition) is 2. The molecule has 1 rings (SSSR count). The molecule has 0 bridgehead atoms. The highest BCUT2D eigenvalue weighted by atomic mass is 16.1. The molecule has 0 fully saturated rings. The maximum absolute atomic E-state index is 11.3. The van der Waals surface area contributed by atoms with Crippen LogP contribution in [-0.2, 0) is 4.79 Å². The number of carbonyl (C=O) groups is 1. The van der Waals surface area contributed by atoms with Gasteiger partial charge in [-0.3, -0.25) is 4.79 Å². The van der Waals surface area contributed by atoms with E-state index in [0.717, 1.165) is 5.56 Å². The summed E-state index contributed by atoms with van der Waals surface area (Å²) in [6, 6.07) is 7.29. The van der Waals surface area contributed by atoms with Crippen LogP contribution >= 0.6 is 0 Å². The zero-order valence-corrected chi connectivity index (χ0v) is 9.16. The van der Waals surface area contributed by atoms with Gasteiger partial charge in [0.1, 0.15) is 0 Å². The van der Waals surface area contributed by atoms with Gasteiger partial charge in [0.05, 0.1) is 6.54 Å². The average Bonchev–Trinajstić information content (AvgIpc) is 2.29. The Bertz CT molecular complexity index is 435. The summed E-state index contributed by atoms with van der Waals surface area (Å²) in [5.41, 5.74) is 7.19. The van der Waals surface area contributed by atoms with Crippen LogP contribution in [0.2, 0.25) is 0 Å². The molecule has 1 aromatic rings. The Morgan fingerprint density at radius 2 is 2.12 bits per heavy atom. The molecule has 3 nitrogen and oxygen atoms in total. The predicted octanol–water partition coefficient (Wildman–Crippen LogP) is 1.42. The lowest BCUT2D eigenvalue weighted by molar-refractivity contribution is -0.116. The van der Waals surface area contributed by atoms with Gasteiger partial charge in [-0.25, -0.2) is 0 Å². The lowest BCUT2D eigenvalue weighted by Crippen LogP contribution is -2.20. The van der Waals surface area contributed by atoms with Gasteiger partial charge in [-0.2, -0.15) is 0 Å². The molecule has 0 atom stereocenters. The van der Waals surface area contributed by atoms with Crippen LogP contribution in [-0.4, -0.2) is 12.5 Å². The standard InChI is InChI=1S/C13H14N2O/c1-2-3-10-15-13(16)9-6-11-4-7-12(14)8-5-11/h4-9H,10,14H2,1H3,(H,15,16)/b9-6+. The Labute approximate surface area is 95.3 Å². The summed E-state index contributed by atoms with van der Waals surface area (Å²) in [4.78, 5) is 11.3. The van der Waals surface area contributed by atoms with Gasteiger partial charge in [0.15, 0.2) is 0 Å². The van der Waals surface area contributed by atoms with Crippen LogP contribution in [0.5, 0.6) is 0 Å². The number of rotatable bonds is 3. The van der Waals surface area contributed by atoms with Gasteiger partial charge in [-0.05, 0) is 30.7 Å². The van der Waals surface area contributed by atoms with E-state index in [1.165, 1.54) is 6.08 Å². The van der Waals surface area contributed by atoms with Crippen LogP contribution in [0.15, 0.2) is 30.3 Å². The summed E-state index contributed by atoms with van der Waals surface area (Å²) in [6.07, 6.45) is 3.21. The topological polar surface area (TPSA) is 55.1 Å². The number of nitrogens with one attached hydrogen (secondary N) is 1. The minimum absolute atomic E-state index is 0.153. The maximum atomic E-state index is 11.3. The third-order valence-corrected chi connectivity index (χ3v) is 1.89. The molecule has 1 aromatic carbocycles. The molecule has 0 saturated heterocycles. The molecule has 16 heavy (non-hydrogen) atoms. The van der Waals surface area contributed by atoms with Gasteiger partial charge in [-0.15, -0.1) is 5.92 Å². The molecule has 0 radical (unpaired) electrons. The zero-order chi connectivity index (χ0) is 11.8. The SMILES string of the molecule is CC#CCNC(=O)/C=C/c1ccc(N)cc1. The van der Waals surface area contributed by atoms with Crippen LogP contribution in [0, 0.1) is 11.8 Å². The van der Waals surface area contributed by atoms with E-state index < -0.39 is 0 Å². The quantitative estimate of drug-likeness (QED) is 0.454.